The first kappa shape index (κ1) is 27.2. The SMILES string of the molecule is CCCCCCCCCCOC(=O)C1=C(C)N=C(C)C(C(=O)OC)C1c1cccc([N+](=O)[O-])c1. The number of hydrogen-bond donors (Lipinski definition) is 0. The lowest BCUT2D eigenvalue weighted by Gasteiger charge is -2.31. The number of esters is 2. The Morgan fingerprint density at radius 1 is 1.06 bits per heavy atom. The van der Waals surface area contributed by atoms with E-state index < -0.39 is 28.7 Å². The fourth-order valence-corrected chi connectivity index (χ4v) is 4.40. The number of benzene rings is 1. The van der Waals surface area contributed by atoms with Crippen molar-refractivity contribution in [3.05, 3.63) is 51.2 Å². The Kier molecular flexibility index (Phi) is 10.9. The summed E-state index contributed by atoms with van der Waals surface area (Å²) < 4.78 is 10.6. The van der Waals surface area contributed by atoms with E-state index >= 15 is 0 Å². The van der Waals surface area contributed by atoms with Crippen molar-refractivity contribution in [1.29, 1.82) is 0 Å². The third-order valence-electron chi connectivity index (χ3n) is 6.17. The molecule has 1 aliphatic heterocycles. The Bertz CT molecular complexity index is 937. The summed E-state index contributed by atoms with van der Waals surface area (Å²) >= 11 is 0. The molecular formula is C26H36N2O6. The predicted octanol–water partition coefficient (Wildman–Crippen LogP) is 5.90. The van der Waals surface area contributed by atoms with Crippen molar-refractivity contribution in [3.8, 4) is 0 Å². The molecule has 1 aliphatic rings. The Morgan fingerprint density at radius 3 is 2.32 bits per heavy atom. The summed E-state index contributed by atoms with van der Waals surface area (Å²) in [7, 11) is 1.27. The number of unbranched alkanes of at least 4 members (excludes halogenated alkanes) is 7. The van der Waals surface area contributed by atoms with E-state index in [0.717, 1.165) is 19.3 Å². The fourth-order valence-electron chi connectivity index (χ4n) is 4.40. The van der Waals surface area contributed by atoms with Crippen LogP contribution >= 0.6 is 0 Å². The number of carbonyl (C=O) groups excluding carboxylic acids is 2. The second-order valence-corrected chi connectivity index (χ2v) is 8.69. The molecule has 2 atom stereocenters. The molecule has 0 aromatic heterocycles. The highest BCUT2D eigenvalue weighted by Crippen LogP contribution is 2.40. The van der Waals surface area contributed by atoms with Gasteiger partial charge in [-0.25, -0.2) is 4.79 Å². The maximum Gasteiger partial charge on any atom is 0.336 e. The van der Waals surface area contributed by atoms with Crippen molar-refractivity contribution in [2.24, 2.45) is 10.9 Å². The van der Waals surface area contributed by atoms with Gasteiger partial charge in [-0.3, -0.25) is 19.9 Å². The standard InChI is InChI=1S/C26H36N2O6/c1-5-6-7-8-9-10-11-12-16-34-26(30)23-19(3)27-18(2)22(25(29)33-4)24(23)20-14-13-15-21(17-20)28(31)32/h13-15,17,22,24H,5-12,16H2,1-4H3. The number of nitro benzene ring substituents is 1. The zero-order valence-corrected chi connectivity index (χ0v) is 20.7. The molecule has 0 fully saturated rings. The number of ether oxygens (including phenoxy) is 2. The molecule has 186 valence electrons. The van der Waals surface area contributed by atoms with Crippen molar-refractivity contribution in [2.45, 2.75) is 78.1 Å². The van der Waals surface area contributed by atoms with Gasteiger partial charge in [0.25, 0.3) is 5.69 Å². The number of hydrogen-bond acceptors (Lipinski definition) is 7. The van der Waals surface area contributed by atoms with Crippen LogP contribution in [0.2, 0.25) is 0 Å². The summed E-state index contributed by atoms with van der Waals surface area (Å²) in [5, 5.41) is 11.3. The first-order valence-electron chi connectivity index (χ1n) is 12.1. The molecule has 8 heteroatoms. The normalized spacial score (nSPS) is 17.8. The number of methoxy groups -OCH3 is 1. The number of allylic oxidation sites excluding steroid dienone is 1. The number of non-ortho nitro benzene ring substituents is 1. The van der Waals surface area contributed by atoms with E-state index in [4.69, 9.17) is 9.47 Å². The average molecular weight is 473 g/mol. The van der Waals surface area contributed by atoms with Gasteiger partial charge in [-0.1, -0.05) is 64.0 Å². The van der Waals surface area contributed by atoms with Crippen LogP contribution in [0.5, 0.6) is 0 Å². The molecule has 0 bridgehead atoms. The summed E-state index contributed by atoms with van der Waals surface area (Å²) in [6.07, 6.45) is 9.02. The van der Waals surface area contributed by atoms with Gasteiger partial charge in [0.15, 0.2) is 0 Å². The summed E-state index contributed by atoms with van der Waals surface area (Å²) in [5.74, 6) is -2.77. The molecule has 2 unspecified atom stereocenters. The third-order valence-corrected chi connectivity index (χ3v) is 6.17. The molecule has 0 spiro atoms. The van der Waals surface area contributed by atoms with E-state index in [0.29, 0.717) is 17.0 Å². The largest absolute Gasteiger partial charge is 0.468 e. The van der Waals surface area contributed by atoms with E-state index in [-0.39, 0.29) is 17.9 Å². The quantitative estimate of drug-likeness (QED) is 0.153. The molecule has 0 aliphatic carbocycles. The molecule has 0 saturated heterocycles. The topological polar surface area (TPSA) is 108 Å². The molecular weight excluding hydrogens is 436 g/mol. The summed E-state index contributed by atoms with van der Waals surface area (Å²) in [6.45, 7) is 5.85. The minimum absolute atomic E-state index is 0.120. The Morgan fingerprint density at radius 2 is 1.71 bits per heavy atom. The lowest BCUT2D eigenvalue weighted by atomic mass is 9.75. The van der Waals surface area contributed by atoms with Crippen molar-refractivity contribution in [3.63, 3.8) is 0 Å². The molecule has 1 heterocycles. The van der Waals surface area contributed by atoms with Gasteiger partial charge in [0.05, 0.1) is 24.2 Å². The molecule has 0 N–H and O–H groups in total. The van der Waals surface area contributed by atoms with Gasteiger partial charge >= 0.3 is 11.9 Å². The third kappa shape index (κ3) is 7.23. The second-order valence-electron chi connectivity index (χ2n) is 8.69. The van der Waals surface area contributed by atoms with Crippen molar-refractivity contribution < 1.29 is 24.0 Å². The molecule has 0 saturated carbocycles. The van der Waals surface area contributed by atoms with E-state index in [1.165, 1.54) is 51.3 Å². The lowest BCUT2D eigenvalue weighted by Crippen LogP contribution is -2.36. The molecule has 0 radical (unpaired) electrons. The van der Waals surface area contributed by atoms with Crippen LogP contribution in [0.4, 0.5) is 5.69 Å². The van der Waals surface area contributed by atoms with Crippen LogP contribution in [0.3, 0.4) is 0 Å². The molecule has 0 amide bonds. The first-order chi connectivity index (χ1) is 16.3. The van der Waals surface area contributed by atoms with Crippen LogP contribution in [-0.2, 0) is 19.1 Å². The number of nitro groups is 1. The molecule has 1 aromatic rings. The van der Waals surface area contributed by atoms with Crippen LogP contribution in [0.1, 0.15) is 83.6 Å². The highest BCUT2D eigenvalue weighted by atomic mass is 16.6. The number of nitrogens with zero attached hydrogens (tertiary/aromatic N) is 2. The van der Waals surface area contributed by atoms with Gasteiger partial charge in [0.2, 0.25) is 0 Å². The number of carbonyl (C=O) groups is 2. The maximum absolute atomic E-state index is 13.1. The summed E-state index contributed by atoms with van der Waals surface area (Å²) in [5.41, 5.74) is 1.51. The van der Waals surface area contributed by atoms with Crippen LogP contribution < -0.4 is 0 Å². The van der Waals surface area contributed by atoms with Crippen molar-refractivity contribution in [2.75, 3.05) is 13.7 Å². The van der Waals surface area contributed by atoms with E-state index in [1.54, 1.807) is 26.0 Å². The Labute approximate surface area is 201 Å². The lowest BCUT2D eigenvalue weighted by molar-refractivity contribution is -0.384. The van der Waals surface area contributed by atoms with Gasteiger partial charge in [-0.2, -0.15) is 0 Å². The molecule has 2 rings (SSSR count). The maximum atomic E-state index is 13.1. The van der Waals surface area contributed by atoms with Gasteiger partial charge in [0.1, 0.15) is 5.92 Å². The van der Waals surface area contributed by atoms with Crippen LogP contribution in [0, 0.1) is 16.0 Å². The molecule has 34 heavy (non-hydrogen) atoms. The van der Waals surface area contributed by atoms with Crippen LogP contribution in [0.25, 0.3) is 0 Å². The molecule has 1 aromatic carbocycles. The van der Waals surface area contributed by atoms with Crippen molar-refractivity contribution in [1.82, 2.24) is 0 Å². The van der Waals surface area contributed by atoms with Crippen LogP contribution in [-0.4, -0.2) is 36.3 Å². The second kappa shape index (κ2) is 13.6. The van der Waals surface area contributed by atoms with Gasteiger partial charge in [-0.15, -0.1) is 0 Å². The minimum Gasteiger partial charge on any atom is -0.468 e. The van der Waals surface area contributed by atoms with Gasteiger partial charge < -0.3 is 9.47 Å². The Hall–Kier alpha value is -3.03. The minimum atomic E-state index is -0.874. The zero-order valence-electron chi connectivity index (χ0n) is 20.7. The van der Waals surface area contributed by atoms with Gasteiger partial charge in [0, 0.05) is 29.5 Å². The first-order valence-corrected chi connectivity index (χ1v) is 12.1. The van der Waals surface area contributed by atoms with Crippen molar-refractivity contribution >= 4 is 23.3 Å². The van der Waals surface area contributed by atoms with Crippen LogP contribution in [0.15, 0.2) is 40.5 Å². The molecule has 8 nitrogen and oxygen atoms in total. The average Bonchev–Trinajstić information content (AvgIpc) is 2.82. The number of aliphatic imine (C=N–C) groups is 1. The fraction of sp³-hybridized carbons (Fsp3) is 0.577. The summed E-state index contributed by atoms with van der Waals surface area (Å²) in [4.78, 5) is 41.1. The summed E-state index contributed by atoms with van der Waals surface area (Å²) in [6, 6.07) is 5.97. The predicted molar refractivity (Wildman–Crippen MR) is 131 cm³/mol. The smallest absolute Gasteiger partial charge is 0.336 e. The highest BCUT2D eigenvalue weighted by Gasteiger charge is 2.42. The van der Waals surface area contributed by atoms with E-state index in [1.807, 2.05) is 0 Å². The van der Waals surface area contributed by atoms with E-state index in [2.05, 4.69) is 11.9 Å². The number of rotatable bonds is 13. The Balaban J connectivity index is 2.17. The zero-order chi connectivity index (χ0) is 25.1. The highest BCUT2D eigenvalue weighted by molar-refractivity contribution is 6.07. The van der Waals surface area contributed by atoms with Gasteiger partial charge in [-0.05, 0) is 25.8 Å². The monoisotopic (exact) mass is 472 g/mol. The van der Waals surface area contributed by atoms with E-state index in [9.17, 15) is 19.7 Å².